The highest BCUT2D eigenvalue weighted by atomic mass is 35.5. The maximum atomic E-state index is 14.6. The Balaban J connectivity index is 2.02. The molecule has 2 aromatic heterocycles. The van der Waals surface area contributed by atoms with Gasteiger partial charge in [-0.3, -0.25) is 9.97 Å². The molecule has 26 heavy (non-hydrogen) atoms. The zero-order chi connectivity index (χ0) is 19.0. The standard InChI is InChI=1S/C18H10Cl2F4N2/c1-8-13(21)3-10(7-25-8)18-17(24)16(20)9(6-26-18)2-12-14(22)4-11(19)5-15(12)23/h3-7H,2H2,1H3. The van der Waals surface area contributed by atoms with E-state index in [1.165, 1.54) is 19.3 Å². The van der Waals surface area contributed by atoms with Crippen LogP contribution in [0, 0.1) is 30.2 Å². The Morgan fingerprint density at radius 3 is 2.15 bits per heavy atom. The molecule has 0 N–H and O–H groups in total. The Kier molecular flexibility index (Phi) is 5.16. The van der Waals surface area contributed by atoms with Gasteiger partial charge in [0.25, 0.3) is 0 Å². The third-order valence-electron chi connectivity index (χ3n) is 3.80. The van der Waals surface area contributed by atoms with Gasteiger partial charge in [-0.1, -0.05) is 23.2 Å². The van der Waals surface area contributed by atoms with Crippen LogP contribution in [-0.4, -0.2) is 9.97 Å². The molecule has 0 aliphatic carbocycles. The van der Waals surface area contributed by atoms with Crippen molar-refractivity contribution < 1.29 is 17.6 Å². The van der Waals surface area contributed by atoms with Crippen molar-refractivity contribution in [3.05, 3.63) is 80.7 Å². The van der Waals surface area contributed by atoms with Gasteiger partial charge in [0.1, 0.15) is 23.1 Å². The molecule has 0 fully saturated rings. The van der Waals surface area contributed by atoms with E-state index in [0.29, 0.717) is 0 Å². The highest BCUT2D eigenvalue weighted by molar-refractivity contribution is 6.31. The Hall–Kier alpha value is -2.18. The summed E-state index contributed by atoms with van der Waals surface area (Å²) in [7, 11) is 0. The maximum Gasteiger partial charge on any atom is 0.168 e. The fourth-order valence-corrected chi connectivity index (χ4v) is 2.79. The normalized spacial score (nSPS) is 11.0. The number of benzene rings is 1. The van der Waals surface area contributed by atoms with Crippen LogP contribution in [0.2, 0.25) is 10.0 Å². The van der Waals surface area contributed by atoms with Crippen LogP contribution < -0.4 is 0 Å². The lowest BCUT2D eigenvalue weighted by molar-refractivity contribution is 0.560. The molecule has 134 valence electrons. The molecule has 0 spiro atoms. The lowest BCUT2D eigenvalue weighted by atomic mass is 10.0. The first-order valence-corrected chi connectivity index (χ1v) is 8.12. The predicted molar refractivity (Wildman–Crippen MR) is 91.3 cm³/mol. The molecule has 2 heterocycles. The predicted octanol–water partition coefficient (Wildman–Crippen LogP) is 5.91. The molecule has 1 aromatic carbocycles. The molecular formula is C18H10Cl2F4N2. The molecule has 0 bridgehead atoms. The Morgan fingerprint density at radius 1 is 0.885 bits per heavy atom. The minimum absolute atomic E-state index is 0.0774. The summed E-state index contributed by atoms with van der Waals surface area (Å²) in [5.41, 5.74) is -0.183. The second-order valence-corrected chi connectivity index (χ2v) is 6.39. The van der Waals surface area contributed by atoms with Crippen LogP contribution in [0.4, 0.5) is 17.6 Å². The summed E-state index contributed by atoms with van der Waals surface area (Å²) in [5.74, 6) is -3.29. The van der Waals surface area contributed by atoms with E-state index in [9.17, 15) is 17.6 Å². The fraction of sp³-hybridized carbons (Fsp3) is 0.111. The summed E-state index contributed by atoms with van der Waals surface area (Å²) in [4.78, 5) is 7.73. The molecular weight excluding hydrogens is 391 g/mol. The number of aromatic nitrogens is 2. The van der Waals surface area contributed by atoms with Gasteiger partial charge >= 0.3 is 0 Å². The largest absolute Gasteiger partial charge is 0.258 e. The van der Waals surface area contributed by atoms with Gasteiger partial charge in [-0.15, -0.1) is 0 Å². The van der Waals surface area contributed by atoms with E-state index in [1.54, 1.807) is 0 Å². The van der Waals surface area contributed by atoms with Crippen LogP contribution in [0.1, 0.15) is 16.8 Å². The van der Waals surface area contributed by atoms with E-state index in [0.717, 1.165) is 18.2 Å². The minimum Gasteiger partial charge on any atom is -0.258 e. The van der Waals surface area contributed by atoms with Crippen LogP contribution in [0.3, 0.4) is 0 Å². The van der Waals surface area contributed by atoms with Gasteiger partial charge in [0.15, 0.2) is 5.82 Å². The van der Waals surface area contributed by atoms with E-state index in [2.05, 4.69) is 9.97 Å². The van der Waals surface area contributed by atoms with E-state index < -0.39 is 23.3 Å². The van der Waals surface area contributed by atoms with Gasteiger partial charge in [-0.2, -0.15) is 0 Å². The molecule has 3 aromatic rings. The lowest BCUT2D eigenvalue weighted by Gasteiger charge is -2.11. The topological polar surface area (TPSA) is 25.8 Å². The molecule has 3 rings (SSSR count). The first-order chi connectivity index (χ1) is 12.3. The molecule has 0 atom stereocenters. The second kappa shape index (κ2) is 7.21. The highest BCUT2D eigenvalue weighted by Gasteiger charge is 2.19. The highest BCUT2D eigenvalue weighted by Crippen LogP contribution is 2.31. The van der Waals surface area contributed by atoms with Gasteiger partial charge in [-0.25, -0.2) is 17.6 Å². The third-order valence-corrected chi connectivity index (χ3v) is 4.43. The van der Waals surface area contributed by atoms with Crippen molar-refractivity contribution in [3.8, 4) is 11.3 Å². The Morgan fingerprint density at radius 2 is 1.54 bits per heavy atom. The third kappa shape index (κ3) is 3.52. The molecule has 0 amide bonds. The molecule has 0 radical (unpaired) electrons. The first-order valence-electron chi connectivity index (χ1n) is 7.36. The quantitative estimate of drug-likeness (QED) is 0.511. The van der Waals surface area contributed by atoms with Crippen LogP contribution in [0.15, 0.2) is 30.6 Å². The SMILES string of the molecule is Cc1ncc(-c2ncc(Cc3c(F)cc(Cl)cc3F)c(Cl)c2F)cc1F. The zero-order valence-electron chi connectivity index (χ0n) is 13.3. The van der Waals surface area contributed by atoms with Crippen molar-refractivity contribution in [1.29, 1.82) is 0 Å². The molecule has 8 heteroatoms. The minimum atomic E-state index is -0.927. The van der Waals surface area contributed by atoms with E-state index in [4.69, 9.17) is 23.2 Å². The summed E-state index contributed by atoms with van der Waals surface area (Å²) in [6, 6.07) is 2.99. The average molecular weight is 401 g/mol. The maximum absolute atomic E-state index is 14.6. The van der Waals surface area contributed by atoms with Crippen molar-refractivity contribution in [2.24, 2.45) is 0 Å². The van der Waals surface area contributed by atoms with Crippen LogP contribution in [-0.2, 0) is 6.42 Å². The van der Waals surface area contributed by atoms with Crippen molar-refractivity contribution in [2.75, 3.05) is 0 Å². The number of nitrogens with zero attached hydrogens (tertiary/aromatic N) is 2. The second-order valence-electron chi connectivity index (χ2n) is 5.58. The number of hydrogen-bond donors (Lipinski definition) is 0. The fourth-order valence-electron chi connectivity index (χ4n) is 2.39. The number of hydrogen-bond acceptors (Lipinski definition) is 2. The van der Waals surface area contributed by atoms with Crippen molar-refractivity contribution in [2.45, 2.75) is 13.3 Å². The number of rotatable bonds is 3. The van der Waals surface area contributed by atoms with Gasteiger partial charge in [0, 0.05) is 35.0 Å². The van der Waals surface area contributed by atoms with Crippen molar-refractivity contribution >= 4 is 23.2 Å². The summed E-state index contributed by atoms with van der Waals surface area (Å²) in [5, 5.41) is -0.451. The summed E-state index contributed by atoms with van der Waals surface area (Å²) >= 11 is 11.6. The summed E-state index contributed by atoms with van der Waals surface area (Å²) < 4.78 is 56.1. The number of halogens is 6. The van der Waals surface area contributed by atoms with Gasteiger partial charge < -0.3 is 0 Å². The van der Waals surface area contributed by atoms with Crippen LogP contribution >= 0.6 is 23.2 Å². The van der Waals surface area contributed by atoms with Gasteiger partial charge in [-0.05, 0) is 30.7 Å². The summed E-state index contributed by atoms with van der Waals surface area (Å²) in [6.07, 6.45) is 2.13. The van der Waals surface area contributed by atoms with E-state index in [-0.39, 0.29) is 44.5 Å². The van der Waals surface area contributed by atoms with Crippen molar-refractivity contribution in [3.63, 3.8) is 0 Å². The Bertz CT molecular complexity index is 986. The molecule has 0 saturated carbocycles. The lowest BCUT2D eigenvalue weighted by Crippen LogP contribution is -2.02. The van der Waals surface area contributed by atoms with Crippen LogP contribution in [0.5, 0.6) is 0 Å². The zero-order valence-corrected chi connectivity index (χ0v) is 14.8. The first kappa shape index (κ1) is 18.6. The van der Waals surface area contributed by atoms with Crippen LogP contribution in [0.25, 0.3) is 11.3 Å². The number of aryl methyl sites for hydroxylation is 1. The number of pyridine rings is 2. The smallest absolute Gasteiger partial charge is 0.168 e. The summed E-state index contributed by atoms with van der Waals surface area (Å²) in [6.45, 7) is 1.47. The van der Waals surface area contributed by atoms with Gasteiger partial charge in [0.2, 0.25) is 0 Å². The molecule has 0 aliphatic rings. The Labute approximate surface area is 156 Å². The monoisotopic (exact) mass is 400 g/mol. The van der Waals surface area contributed by atoms with Crippen molar-refractivity contribution in [1.82, 2.24) is 9.97 Å². The molecule has 0 unspecified atom stereocenters. The van der Waals surface area contributed by atoms with E-state index in [1.807, 2.05) is 0 Å². The molecule has 2 nitrogen and oxygen atoms in total. The molecule has 0 saturated heterocycles. The average Bonchev–Trinajstić information content (AvgIpc) is 2.57. The molecule has 0 aliphatic heterocycles. The van der Waals surface area contributed by atoms with E-state index >= 15 is 0 Å². The van der Waals surface area contributed by atoms with Gasteiger partial charge in [0.05, 0.1) is 10.7 Å².